The Hall–Kier alpha value is -0.370. The van der Waals surface area contributed by atoms with Gasteiger partial charge in [0.2, 0.25) is 5.91 Å². The molecule has 0 fully saturated rings. The molecule has 0 spiro atoms. The Morgan fingerprint density at radius 1 is 1.24 bits per heavy atom. The standard InChI is InChI=1S/C18H24Br3N3O/c1-5-10(2)16(22-3)18(25)23-7-6-11-12-8-13(19)14(20)9-15(12)24(4)17(11)21/h8-10,16,22H,5-7H2,1-4H3,(H,23,25)/t10-,16-/m0/s1. The van der Waals surface area contributed by atoms with Crippen LogP contribution in [0.3, 0.4) is 0 Å². The fourth-order valence-electron chi connectivity index (χ4n) is 3.04. The van der Waals surface area contributed by atoms with Gasteiger partial charge in [-0.15, -0.1) is 0 Å². The van der Waals surface area contributed by atoms with Crippen LogP contribution in [0.5, 0.6) is 0 Å². The first-order valence-electron chi connectivity index (χ1n) is 8.38. The van der Waals surface area contributed by atoms with Crippen LogP contribution in [-0.2, 0) is 18.3 Å². The average Bonchev–Trinajstić information content (AvgIpc) is 2.80. The van der Waals surface area contributed by atoms with Crippen molar-refractivity contribution in [1.29, 1.82) is 0 Å². The van der Waals surface area contributed by atoms with Crippen molar-refractivity contribution in [3.8, 4) is 0 Å². The Labute approximate surface area is 174 Å². The van der Waals surface area contributed by atoms with Crippen LogP contribution in [0.2, 0.25) is 0 Å². The molecule has 2 aromatic rings. The van der Waals surface area contributed by atoms with E-state index in [1.54, 1.807) is 0 Å². The second-order valence-electron chi connectivity index (χ2n) is 6.30. The van der Waals surface area contributed by atoms with Gasteiger partial charge in [-0.05, 0) is 84.9 Å². The average molecular weight is 538 g/mol. The molecule has 7 heteroatoms. The van der Waals surface area contributed by atoms with E-state index in [1.165, 1.54) is 10.9 Å². The molecule has 0 bridgehead atoms. The van der Waals surface area contributed by atoms with E-state index >= 15 is 0 Å². The highest BCUT2D eigenvalue weighted by molar-refractivity contribution is 9.13. The van der Waals surface area contributed by atoms with E-state index in [1.807, 2.05) is 14.1 Å². The van der Waals surface area contributed by atoms with Crippen LogP contribution in [0.15, 0.2) is 25.7 Å². The summed E-state index contributed by atoms with van der Waals surface area (Å²) in [5.41, 5.74) is 2.35. The molecule has 1 aromatic heterocycles. The number of benzene rings is 1. The molecule has 1 aromatic carbocycles. The first-order valence-corrected chi connectivity index (χ1v) is 10.8. The summed E-state index contributed by atoms with van der Waals surface area (Å²) in [5.74, 6) is 0.375. The van der Waals surface area contributed by atoms with E-state index in [-0.39, 0.29) is 11.9 Å². The highest BCUT2D eigenvalue weighted by Gasteiger charge is 2.22. The Morgan fingerprint density at radius 2 is 1.88 bits per heavy atom. The molecule has 0 saturated carbocycles. The molecule has 25 heavy (non-hydrogen) atoms. The van der Waals surface area contributed by atoms with E-state index in [2.05, 4.69) is 89.0 Å². The SMILES string of the molecule is CC[C@H](C)[C@H](NC)C(=O)NCCc1c(Br)n(C)c2cc(Br)c(Br)cc12. The lowest BCUT2D eigenvalue weighted by Crippen LogP contribution is -2.47. The lowest BCUT2D eigenvalue weighted by molar-refractivity contribution is -0.124. The van der Waals surface area contributed by atoms with Crippen LogP contribution in [0, 0.1) is 5.92 Å². The van der Waals surface area contributed by atoms with Crippen LogP contribution in [0.1, 0.15) is 25.8 Å². The largest absolute Gasteiger partial charge is 0.354 e. The monoisotopic (exact) mass is 535 g/mol. The fourth-order valence-corrected chi connectivity index (χ4v) is 4.32. The Bertz CT molecular complexity index is 773. The van der Waals surface area contributed by atoms with Gasteiger partial charge in [-0.2, -0.15) is 0 Å². The molecule has 2 rings (SSSR count). The summed E-state index contributed by atoms with van der Waals surface area (Å²) in [5, 5.41) is 7.38. The topological polar surface area (TPSA) is 46.1 Å². The van der Waals surface area contributed by atoms with Gasteiger partial charge in [0.05, 0.1) is 16.2 Å². The zero-order chi connectivity index (χ0) is 18.7. The Balaban J connectivity index is 2.15. The maximum absolute atomic E-state index is 12.4. The van der Waals surface area contributed by atoms with Gasteiger partial charge in [0, 0.05) is 27.9 Å². The minimum absolute atomic E-state index is 0.0668. The Kier molecular flexibility index (Phi) is 7.55. The van der Waals surface area contributed by atoms with Crippen molar-refractivity contribution in [3.05, 3.63) is 31.2 Å². The van der Waals surface area contributed by atoms with E-state index < -0.39 is 0 Å². The molecule has 2 N–H and O–H groups in total. The predicted octanol–water partition coefficient (Wildman–Crippen LogP) is 4.76. The number of hydrogen-bond acceptors (Lipinski definition) is 2. The summed E-state index contributed by atoms with van der Waals surface area (Å²) in [7, 11) is 3.88. The van der Waals surface area contributed by atoms with Gasteiger partial charge >= 0.3 is 0 Å². The smallest absolute Gasteiger partial charge is 0.237 e. The van der Waals surface area contributed by atoms with Crippen molar-refractivity contribution in [2.45, 2.75) is 32.7 Å². The number of aryl methyl sites for hydroxylation is 1. The van der Waals surface area contributed by atoms with E-state index in [0.29, 0.717) is 12.5 Å². The summed E-state index contributed by atoms with van der Waals surface area (Å²) in [6.07, 6.45) is 1.74. The third-order valence-electron chi connectivity index (χ3n) is 4.75. The predicted molar refractivity (Wildman–Crippen MR) is 115 cm³/mol. The molecule has 138 valence electrons. The molecule has 0 aliphatic carbocycles. The van der Waals surface area contributed by atoms with Gasteiger partial charge in [0.25, 0.3) is 0 Å². The number of halogens is 3. The van der Waals surface area contributed by atoms with Crippen LogP contribution in [-0.4, -0.2) is 30.1 Å². The van der Waals surface area contributed by atoms with E-state index in [9.17, 15) is 4.79 Å². The highest BCUT2D eigenvalue weighted by atomic mass is 79.9. The zero-order valence-corrected chi connectivity index (χ0v) is 19.7. The number of hydrogen-bond donors (Lipinski definition) is 2. The Morgan fingerprint density at radius 3 is 2.48 bits per heavy atom. The third-order valence-corrected chi connectivity index (χ3v) is 7.60. The van der Waals surface area contributed by atoms with Crippen molar-refractivity contribution in [1.82, 2.24) is 15.2 Å². The van der Waals surface area contributed by atoms with Gasteiger partial charge < -0.3 is 15.2 Å². The van der Waals surface area contributed by atoms with Crippen LogP contribution >= 0.6 is 47.8 Å². The molecule has 0 unspecified atom stereocenters. The lowest BCUT2D eigenvalue weighted by atomic mass is 9.98. The number of likely N-dealkylation sites (N-methyl/N-ethyl adjacent to an activating group) is 1. The number of carbonyl (C=O) groups is 1. The van der Waals surface area contributed by atoms with E-state index in [0.717, 1.165) is 31.9 Å². The maximum Gasteiger partial charge on any atom is 0.237 e. The number of amides is 1. The number of nitrogens with one attached hydrogen (secondary N) is 2. The van der Waals surface area contributed by atoms with Crippen LogP contribution in [0.25, 0.3) is 10.9 Å². The lowest BCUT2D eigenvalue weighted by Gasteiger charge is -2.21. The third kappa shape index (κ3) is 4.49. The number of aromatic nitrogens is 1. The molecule has 2 atom stereocenters. The molecule has 1 heterocycles. The molecular weight excluding hydrogens is 514 g/mol. The van der Waals surface area contributed by atoms with Gasteiger partial charge in [0.1, 0.15) is 0 Å². The van der Waals surface area contributed by atoms with Crippen LogP contribution in [0.4, 0.5) is 0 Å². The van der Waals surface area contributed by atoms with Gasteiger partial charge in [-0.3, -0.25) is 4.79 Å². The van der Waals surface area contributed by atoms with Crippen molar-refractivity contribution < 1.29 is 4.79 Å². The molecule has 0 aliphatic rings. The van der Waals surface area contributed by atoms with Gasteiger partial charge in [-0.1, -0.05) is 20.3 Å². The summed E-state index contributed by atoms with van der Waals surface area (Å²) >= 11 is 10.8. The zero-order valence-electron chi connectivity index (χ0n) is 14.9. The number of fused-ring (bicyclic) bond motifs is 1. The molecule has 4 nitrogen and oxygen atoms in total. The van der Waals surface area contributed by atoms with Crippen molar-refractivity contribution in [2.24, 2.45) is 13.0 Å². The van der Waals surface area contributed by atoms with Gasteiger partial charge in [-0.25, -0.2) is 0 Å². The quantitative estimate of drug-likeness (QED) is 0.535. The number of nitrogens with zero attached hydrogens (tertiary/aromatic N) is 1. The molecule has 0 aliphatic heterocycles. The second-order valence-corrected chi connectivity index (χ2v) is 8.76. The van der Waals surface area contributed by atoms with Crippen LogP contribution < -0.4 is 10.6 Å². The van der Waals surface area contributed by atoms with Crippen molar-refractivity contribution >= 4 is 64.6 Å². The minimum Gasteiger partial charge on any atom is -0.354 e. The van der Waals surface area contributed by atoms with Crippen molar-refractivity contribution in [2.75, 3.05) is 13.6 Å². The second kappa shape index (κ2) is 9.02. The first kappa shape index (κ1) is 20.9. The molecular formula is C18H24Br3N3O. The summed E-state index contributed by atoms with van der Waals surface area (Å²) in [6, 6.07) is 4.08. The molecule has 0 radical (unpaired) electrons. The minimum atomic E-state index is -0.147. The molecule has 0 saturated heterocycles. The number of carbonyl (C=O) groups excluding carboxylic acids is 1. The molecule has 1 amide bonds. The first-order chi connectivity index (χ1) is 11.8. The number of rotatable bonds is 7. The summed E-state index contributed by atoms with van der Waals surface area (Å²) < 4.78 is 5.22. The normalized spacial score (nSPS) is 13.9. The highest BCUT2D eigenvalue weighted by Crippen LogP contribution is 2.35. The van der Waals surface area contributed by atoms with E-state index in [4.69, 9.17) is 0 Å². The van der Waals surface area contributed by atoms with Gasteiger partial charge in [0.15, 0.2) is 0 Å². The summed E-state index contributed by atoms with van der Waals surface area (Å²) in [6.45, 7) is 4.81. The summed E-state index contributed by atoms with van der Waals surface area (Å²) in [4.78, 5) is 12.4. The maximum atomic E-state index is 12.4. The van der Waals surface area contributed by atoms with Crippen molar-refractivity contribution in [3.63, 3.8) is 0 Å². The fraction of sp³-hybridized carbons (Fsp3) is 0.500.